The maximum atomic E-state index is 11.6. The largest absolute Gasteiger partial charge is 0.367 e. The predicted octanol–water partition coefficient (Wildman–Crippen LogP) is 0.914. The van der Waals surface area contributed by atoms with E-state index >= 15 is 0 Å². The molecule has 0 aromatic carbocycles. The summed E-state index contributed by atoms with van der Waals surface area (Å²) < 4.78 is 0. The minimum absolute atomic E-state index is 0.183. The lowest BCUT2D eigenvalue weighted by molar-refractivity contribution is -0.203. The molecule has 0 amide bonds. The van der Waals surface area contributed by atoms with Crippen molar-refractivity contribution in [2.24, 2.45) is 11.1 Å². The van der Waals surface area contributed by atoms with Crippen LogP contribution in [0.3, 0.4) is 0 Å². The first-order chi connectivity index (χ1) is 6.45. The van der Waals surface area contributed by atoms with Crippen LogP contribution in [0.25, 0.3) is 0 Å². The fourth-order valence-electron chi connectivity index (χ4n) is 1.41. The molecule has 1 aliphatic heterocycles. The number of nitrogens with zero attached hydrogens (tertiary/aromatic N) is 1. The third-order valence-corrected chi connectivity index (χ3v) is 2.41. The average molecular weight is 200 g/mol. The van der Waals surface area contributed by atoms with Crippen LogP contribution in [0.5, 0.6) is 0 Å². The standard InChI is InChI=1S/C10H20N2O2/c1-10(2,3)9(13)14-12-6-4-5-8(12)7-11/h8H,4-7,11H2,1-3H3/t8-/m1/s1. The summed E-state index contributed by atoms with van der Waals surface area (Å²) in [6, 6.07) is 0.210. The van der Waals surface area contributed by atoms with Gasteiger partial charge in [0.2, 0.25) is 0 Å². The lowest BCUT2D eigenvalue weighted by atomic mass is 9.98. The number of rotatable bonds is 2. The number of carbonyl (C=O) groups excluding carboxylic acids is 1. The van der Waals surface area contributed by atoms with Crippen LogP contribution in [-0.4, -0.2) is 30.2 Å². The van der Waals surface area contributed by atoms with Gasteiger partial charge in [0.05, 0.1) is 11.5 Å². The van der Waals surface area contributed by atoms with Gasteiger partial charge in [0, 0.05) is 13.1 Å². The van der Waals surface area contributed by atoms with Crippen molar-refractivity contribution in [3.63, 3.8) is 0 Å². The summed E-state index contributed by atoms with van der Waals surface area (Å²) in [5.74, 6) is -0.183. The first-order valence-electron chi connectivity index (χ1n) is 5.14. The molecule has 1 rings (SSSR count). The van der Waals surface area contributed by atoms with Crippen LogP contribution in [0.1, 0.15) is 33.6 Å². The minimum atomic E-state index is -0.443. The monoisotopic (exact) mass is 200 g/mol. The molecule has 0 bridgehead atoms. The Hall–Kier alpha value is -0.610. The van der Waals surface area contributed by atoms with Gasteiger partial charge in [0.1, 0.15) is 0 Å². The van der Waals surface area contributed by atoms with Crippen molar-refractivity contribution in [2.75, 3.05) is 13.1 Å². The number of hydrogen-bond donors (Lipinski definition) is 1. The van der Waals surface area contributed by atoms with Crippen LogP contribution in [0.15, 0.2) is 0 Å². The highest BCUT2D eigenvalue weighted by atomic mass is 16.7. The molecule has 4 nitrogen and oxygen atoms in total. The number of carbonyl (C=O) groups is 1. The zero-order chi connectivity index (χ0) is 10.8. The van der Waals surface area contributed by atoms with E-state index in [2.05, 4.69) is 0 Å². The molecule has 1 atom stereocenters. The Bertz CT molecular complexity index is 211. The van der Waals surface area contributed by atoms with Crippen LogP contribution >= 0.6 is 0 Å². The maximum absolute atomic E-state index is 11.6. The molecule has 1 fully saturated rings. The van der Waals surface area contributed by atoms with Crippen molar-refractivity contribution >= 4 is 5.97 Å². The first kappa shape index (κ1) is 11.5. The van der Waals surface area contributed by atoms with E-state index in [0.29, 0.717) is 6.54 Å². The van der Waals surface area contributed by atoms with Crippen LogP contribution in [-0.2, 0) is 9.63 Å². The maximum Gasteiger partial charge on any atom is 0.330 e. The minimum Gasteiger partial charge on any atom is -0.367 e. The third-order valence-electron chi connectivity index (χ3n) is 2.41. The Morgan fingerprint density at radius 2 is 2.21 bits per heavy atom. The average Bonchev–Trinajstić information content (AvgIpc) is 2.50. The van der Waals surface area contributed by atoms with Gasteiger partial charge in [-0.2, -0.15) is 0 Å². The van der Waals surface area contributed by atoms with Crippen molar-refractivity contribution in [2.45, 2.75) is 39.7 Å². The first-order valence-corrected chi connectivity index (χ1v) is 5.14. The number of hydrogen-bond acceptors (Lipinski definition) is 4. The van der Waals surface area contributed by atoms with Gasteiger partial charge in [-0.25, -0.2) is 4.79 Å². The number of hydroxylamine groups is 2. The van der Waals surface area contributed by atoms with Crippen molar-refractivity contribution in [1.82, 2.24) is 5.06 Å². The summed E-state index contributed by atoms with van der Waals surface area (Å²) in [6.07, 6.45) is 2.08. The van der Waals surface area contributed by atoms with Crippen molar-refractivity contribution < 1.29 is 9.63 Å². The lowest BCUT2D eigenvalue weighted by Gasteiger charge is -2.25. The smallest absolute Gasteiger partial charge is 0.330 e. The lowest BCUT2D eigenvalue weighted by Crippen LogP contribution is -2.39. The Labute approximate surface area is 85.3 Å². The highest BCUT2D eigenvalue weighted by molar-refractivity contribution is 5.75. The van der Waals surface area contributed by atoms with E-state index in [1.807, 2.05) is 20.8 Å². The summed E-state index contributed by atoms with van der Waals surface area (Å²) >= 11 is 0. The third kappa shape index (κ3) is 2.69. The summed E-state index contributed by atoms with van der Waals surface area (Å²) in [4.78, 5) is 16.9. The summed E-state index contributed by atoms with van der Waals surface area (Å²) in [7, 11) is 0. The van der Waals surface area contributed by atoms with Crippen molar-refractivity contribution in [3.8, 4) is 0 Å². The van der Waals surface area contributed by atoms with Gasteiger partial charge in [-0.3, -0.25) is 0 Å². The summed E-state index contributed by atoms with van der Waals surface area (Å²) in [5.41, 5.74) is 5.13. The van der Waals surface area contributed by atoms with Crippen LogP contribution in [0.2, 0.25) is 0 Å². The molecule has 0 radical (unpaired) electrons. The molecule has 2 N–H and O–H groups in total. The quantitative estimate of drug-likeness (QED) is 0.720. The van der Waals surface area contributed by atoms with E-state index in [9.17, 15) is 4.79 Å². The van der Waals surface area contributed by atoms with E-state index < -0.39 is 5.41 Å². The molecule has 0 aromatic heterocycles. The summed E-state index contributed by atoms with van der Waals surface area (Å²) in [6.45, 7) is 6.91. The fourth-order valence-corrected chi connectivity index (χ4v) is 1.41. The highest BCUT2D eigenvalue weighted by Crippen LogP contribution is 2.21. The second kappa shape index (κ2) is 4.28. The topological polar surface area (TPSA) is 55.6 Å². The Kier molecular flexibility index (Phi) is 3.50. The fraction of sp³-hybridized carbons (Fsp3) is 0.900. The van der Waals surface area contributed by atoms with E-state index in [1.54, 1.807) is 5.06 Å². The second-order valence-electron chi connectivity index (χ2n) is 4.80. The van der Waals surface area contributed by atoms with Gasteiger partial charge in [0.25, 0.3) is 0 Å². The molecule has 1 saturated heterocycles. The van der Waals surface area contributed by atoms with E-state index in [-0.39, 0.29) is 12.0 Å². The highest BCUT2D eigenvalue weighted by Gasteiger charge is 2.31. The van der Waals surface area contributed by atoms with E-state index in [0.717, 1.165) is 19.4 Å². The molecular weight excluding hydrogens is 180 g/mol. The van der Waals surface area contributed by atoms with Gasteiger partial charge in [-0.05, 0) is 33.6 Å². The Morgan fingerprint density at radius 1 is 1.57 bits per heavy atom. The summed E-state index contributed by atoms with van der Waals surface area (Å²) in [5, 5.41) is 1.73. The van der Waals surface area contributed by atoms with Gasteiger partial charge < -0.3 is 10.6 Å². The molecule has 14 heavy (non-hydrogen) atoms. The van der Waals surface area contributed by atoms with Crippen LogP contribution in [0, 0.1) is 5.41 Å². The molecule has 0 aromatic rings. The van der Waals surface area contributed by atoms with Gasteiger partial charge in [0.15, 0.2) is 0 Å². The molecule has 82 valence electrons. The normalized spacial score (nSPS) is 23.9. The Morgan fingerprint density at radius 3 is 2.71 bits per heavy atom. The predicted molar refractivity (Wildman–Crippen MR) is 54.3 cm³/mol. The van der Waals surface area contributed by atoms with E-state index in [1.165, 1.54) is 0 Å². The second-order valence-corrected chi connectivity index (χ2v) is 4.80. The van der Waals surface area contributed by atoms with Crippen LogP contribution < -0.4 is 5.73 Å². The van der Waals surface area contributed by atoms with Crippen molar-refractivity contribution in [1.29, 1.82) is 0 Å². The molecule has 1 aliphatic rings. The van der Waals surface area contributed by atoms with Gasteiger partial charge >= 0.3 is 5.97 Å². The molecular formula is C10H20N2O2. The van der Waals surface area contributed by atoms with Crippen LogP contribution in [0.4, 0.5) is 0 Å². The zero-order valence-electron chi connectivity index (χ0n) is 9.25. The van der Waals surface area contributed by atoms with Gasteiger partial charge in [-0.15, -0.1) is 5.06 Å². The zero-order valence-corrected chi connectivity index (χ0v) is 9.25. The van der Waals surface area contributed by atoms with E-state index in [4.69, 9.17) is 10.6 Å². The SMILES string of the molecule is CC(C)(C)C(=O)ON1CCC[C@@H]1CN. The molecule has 0 saturated carbocycles. The van der Waals surface area contributed by atoms with Gasteiger partial charge in [-0.1, -0.05) is 0 Å². The molecule has 4 heteroatoms. The molecule has 0 unspecified atom stereocenters. The Balaban J connectivity index is 2.48. The number of nitrogens with two attached hydrogens (primary N) is 1. The van der Waals surface area contributed by atoms with Crippen molar-refractivity contribution in [3.05, 3.63) is 0 Å². The molecule has 0 aliphatic carbocycles. The molecule has 1 heterocycles. The molecule has 0 spiro atoms.